The third-order valence-electron chi connectivity index (χ3n) is 7.21. The first-order chi connectivity index (χ1) is 18.4. The number of rotatable bonds is 7. The average molecular weight is 534 g/mol. The van der Waals surface area contributed by atoms with E-state index in [1.807, 2.05) is 0 Å². The number of carbonyl (C=O) groups is 1. The number of aliphatic hydroxyl groups excluding tert-OH is 2. The van der Waals surface area contributed by atoms with Gasteiger partial charge in [-0.25, -0.2) is 9.97 Å². The van der Waals surface area contributed by atoms with E-state index in [2.05, 4.69) is 57.8 Å². The number of aromatic nitrogens is 3. The number of hydrogen-bond acceptors (Lipinski definition) is 10. The number of hydrogen-bond donors (Lipinski definition) is 4. The van der Waals surface area contributed by atoms with E-state index in [0.29, 0.717) is 41.6 Å². The Labute approximate surface area is 225 Å². The molecule has 1 saturated heterocycles. The molecule has 198 valence electrons. The summed E-state index contributed by atoms with van der Waals surface area (Å²) in [6, 6.07) is 10.5. The largest absolute Gasteiger partial charge is 0.393 e. The first-order valence-electron chi connectivity index (χ1n) is 12.9. The fourth-order valence-corrected chi connectivity index (χ4v) is 5.75. The van der Waals surface area contributed by atoms with E-state index in [9.17, 15) is 20.3 Å². The second-order valence-electron chi connectivity index (χ2n) is 9.86. The van der Waals surface area contributed by atoms with Crippen LogP contribution in [0.15, 0.2) is 30.5 Å². The lowest BCUT2D eigenvalue weighted by atomic mass is 9.93. The highest BCUT2D eigenvalue weighted by Gasteiger charge is 2.31. The Morgan fingerprint density at radius 1 is 1.18 bits per heavy atom. The summed E-state index contributed by atoms with van der Waals surface area (Å²) in [5, 5.41) is 36.0. The van der Waals surface area contributed by atoms with Crippen molar-refractivity contribution < 1.29 is 15.0 Å². The number of thiazole rings is 1. The number of nitriles is 1. The molecule has 1 atom stereocenters. The first-order valence-corrected chi connectivity index (χ1v) is 13.7. The van der Waals surface area contributed by atoms with Crippen LogP contribution in [0.1, 0.15) is 76.6 Å². The number of benzene rings is 1. The number of nitrogens with one attached hydrogen (secondary N) is 2. The Morgan fingerprint density at radius 3 is 2.63 bits per heavy atom. The van der Waals surface area contributed by atoms with Crippen LogP contribution in [0.25, 0.3) is 0 Å². The third-order valence-corrected chi connectivity index (χ3v) is 8.03. The molecule has 3 aromatic rings. The van der Waals surface area contributed by atoms with Crippen molar-refractivity contribution in [3.05, 3.63) is 57.7 Å². The molecule has 38 heavy (non-hydrogen) atoms. The second-order valence-corrected chi connectivity index (χ2v) is 10.9. The van der Waals surface area contributed by atoms with Crippen LogP contribution in [0.5, 0.6) is 0 Å². The Hall–Kier alpha value is -3.59. The van der Waals surface area contributed by atoms with Gasteiger partial charge in [-0.1, -0.05) is 41.2 Å². The first kappa shape index (κ1) is 26.0. The number of anilines is 3. The molecule has 1 aliphatic heterocycles. The molecule has 4 N–H and O–H groups in total. The highest BCUT2D eigenvalue weighted by Crippen LogP contribution is 2.36. The van der Waals surface area contributed by atoms with Crippen LogP contribution in [0.3, 0.4) is 0 Å². The highest BCUT2D eigenvalue weighted by atomic mass is 32.1. The topological polar surface area (TPSA) is 147 Å². The van der Waals surface area contributed by atoms with E-state index in [0.717, 1.165) is 36.3 Å². The summed E-state index contributed by atoms with van der Waals surface area (Å²) >= 11 is 1.16. The molecular weight excluding hydrogens is 502 g/mol. The summed E-state index contributed by atoms with van der Waals surface area (Å²) in [7, 11) is 0. The average Bonchev–Trinajstić information content (AvgIpc) is 3.60. The molecule has 5 rings (SSSR count). The SMILES string of the molecule is Cc1ccc([C@@H]2CCCN2c2nc(Nc3ncc(C#N)s3)c(CO)c(C(=O)NC3CCC(O)CC3)n2)cc1. The fraction of sp³-hybridized carbons (Fsp3) is 0.444. The monoisotopic (exact) mass is 533 g/mol. The Balaban J connectivity index is 1.52. The maximum Gasteiger partial charge on any atom is 0.270 e. The van der Waals surface area contributed by atoms with Gasteiger partial charge in [-0.3, -0.25) is 4.79 Å². The van der Waals surface area contributed by atoms with Crippen LogP contribution in [0, 0.1) is 18.3 Å². The molecule has 3 heterocycles. The number of aliphatic hydroxyl groups is 2. The fourth-order valence-electron chi connectivity index (χ4n) is 5.14. The number of nitrogens with zero attached hydrogens (tertiary/aromatic N) is 5. The third kappa shape index (κ3) is 5.62. The molecule has 2 aliphatic rings. The van der Waals surface area contributed by atoms with E-state index in [-0.39, 0.29) is 41.2 Å². The zero-order valence-electron chi connectivity index (χ0n) is 21.2. The Kier molecular flexibility index (Phi) is 7.83. The number of aryl methyl sites for hydroxylation is 1. The highest BCUT2D eigenvalue weighted by molar-refractivity contribution is 7.16. The Morgan fingerprint density at radius 2 is 1.95 bits per heavy atom. The molecule has 0 radical (unpaired) electrons. The van der Waals surface area contributed by atoms with Crippen molar-refractivity contribution in [3.63, 3.8) is 0 Å². The molecule has 1 saturated carbocycles. The molecule has 2 aromatic heterocycles. The minimum atomic E-state index is -0.452. The molecule has 1 amide bonds. The van der Waals surface area contributed by atoms with Crippen LogP contribution < -0.4 is 15.5 Å². The number of carbonyl (C=O) groups excluding carboxylic acids is 1. The van der Waals surface area contributed by atoms with Crippen LogP contribution in [0.2, 0.25) is 0 Å². The zero-order chi connectivity index (χ0) is 26.6. The molecule has 2 fully saturated rings. The minimum Gasteiger partial charge on any atom is -0.393 e. The van der Waals surface area contributed by atoms with Gasteiger partial charge in [0.2, 0.25) is 5.95 Å². The smallest absolute Gasteiger partial charge is 0.270 e. The van der Waals surface area contributed by atoms with Gasteiger partial charge in [-0.15, -0.1) is 0 Å². The summed E-state index contributed by atoms with van der Waals surface area (Å²) in [6.45, 7) is 2.33. The molecule has 0 unspecified atom stereocenters. The second kappa shape index (κ2) is 11.4. The molecule has 0 spiro atoms. The van der Waals surface area contributed by atoms with Gasteiger partial charge < -0.3 is 25.7 Å². The summed E-state index contributed by atoms with van der Waals surface area (Å²) in [5.41, 5.74) is 2.71. The summed E-state index contributed by atoms with van der Waals surface area (Å²) in [4.78, 5) is 29.8. The van der Waals surface area contributed by atoms with Gasteiger partial charge in [0, 0.05) is 12.6 Å². The van der Waals surface area contributed by atoms with Crippen LogP contribution >= 0.6 is 11.3 Å². The summed E-state index contributed by atoms with van der Waals surface area (Å²) in [6.07, 6.45) is 5.66. The predicted octanol–water partition coefficient (Wildman–Crippen LogP) is 3.72. The lowest BCUT2D eigenvalue weighted by Crippen LogP contribution is -2.39. The van der Waals surface area contributed by atoms with Gasteiger partial charge in [0.05, 0.1) is 30.5 Å². The van der Waals surface area contributed by atoms with Crippen LogP contribution in [-0.4, -0.2) is 49.8 Å². The van der Waals surface area contributed by atoms with Crippen molar-refractivity contribution in [2.75, 3.05) is 16.8 Å². The van der Waals surface area contributed by atoms with Gasteiger partial charge in [0.1, 0.15) is 22.5 Å². The van der Waals surface area contributed by atoms with Crippen molar-refractivity contribution in [3.8, 4) is 6.07 Å². The van der Waals surface area contributed by atoms with E-state index in [1.54, 1.807) is 0 Å². The van der Waals surface area contributed by atoms with Gasteiger partial charge in [-0.05, 0) is 51.0 Å². The Bertz CT molecular complexity index is 1330. The molecule has 0 bridgehead atoms. The molecule has 1 aromatic carbocycles. The van der Waals surface area contributed by atoms with E-state index >= 15 is 0 Å². The molecule has 1 aliphatic carbocycles. The van der Waals surface area contributed by atoms with Gasteiger partial charge in [0.15, 0.2) is 5.13 Å². The predicted molar refractivity (Wildman–Crippen MR) is 144 cm³/mol. The van der Waals surface area contributed by atoms with Crippen molar-refractivity contribution >= 4 is 34.1 Å². The molecule has 11 heteroatoms. The van der Waals surface area contributed by atoms with Crippen LogP contribution in [0.4, 0.5) is 16.9 Å². The maximum absolute atomic E-state index is 13.5. The molecule has 10 nitrogen and oxygen atoms in total. The minimum absolute atomic E-state index is 0.0595. The van der Waals surface area contributed by atoms with Gasteiger partial charge in [0.25, 0.3) is 5.91 Å². The van der Waals surface area contributed by atoms with E-state index in [4.69, 9.17) is 9.97 Å². The van der Waals surface area contributed by atoms with E-state index < -0.39 is 6.61 Å². The maximum atomic E-state index is 13.5. The van der Waals surface area contributed by atoms with Crippen molar-refractivity contribution in [1.82, 2.24) is 20.3 Å². The van der Waals surface area contributed by atoms with Gasteiger partial charge in [-0.2, -0.15) is 10.2 Å². The van der Waals surface area contributed by atoms with E-state index in [1.165, 1.54) is 11.8 Å². The number of amides is 1. The quantitative estimate of drug-likeness (QED) is 0.357. The zero-order valence-corrected chi connectivity index (χ0v) is 22.0. The van der Waals surface area contributed by atoms with Crippen molar-refractivity contribution in [2.45, 2.75) is 70.2 Å². The van der Waals surface area contributed by atoms with Gasteiger partial charge >= 0.3 is 0 Å². The molecular formula is C27H31N7O3S. The standard InChI is InChI=1S/C27H31N7O3S/c1-16-4-6-17(7-5-16)22-3-2-12-34(22)26-31-23(25(37)30-18-8-10-19(36)11-9-18)21(15-35)24(32-26)33-27-29-14-20(13-28)38-27/h4-7,14,18-19,22,35-36H,2-3,8-12,15H2,1H3,(H,30,37)(H,29,31,32,33)/t18?,19?,22-/m0/s1. The normalized spacial score (nSPS) is 21.2. The van der Waals surface area contributed by atoms with Crippen molar-refractivity contribution in [2.24, 2.45) is 0 Å². The lowest BCUT2D eigenvalue weighted by Gasteiger charge is -2.28. The van der Waals surface area contributed by atoms with Crippen LogP contribution in [-0.2, 0) is 6.61 Å². The summed E-state index contributed by atoms with van der Waals surface area (Å²) < 4.78 is 0. The summed E-state index contributed by atoms with van der Waals surface area (Å²) in [5.74, 6) is 0.300. The van der Waals surface area contributed by atoms with Crippen molar-refractivity contribution in [1.29, 1.82) is 5.26 Å². The lowest BCUT2D eigenvalue weighted by molar-refractivity contribution is 0.0860.